The molecule has 0 spiro atoms. The highest BCUT2D eigenvalue weighted by Gasteiger charge is 2.32. The molecule has 1 heterocycles. The van der Waals surface area contributed by atoms with E-state index in [9.17, 15) is 9.59 Å². The van der Waals surface area contributed by atoms with Crippen molar-refractivity contribution in [2.75, 3.05) is 13.2 Å². The average molecular weight is 459 g/mol. The van der Waals surface area contributed by atoms with Crippen LogP contribution in [0.25, 0.3) is 0 Å². The van der Waals surface area contributed by atoms with E-state index in [-0.39, 0.29) is 6.61 Å². The van der Waals surface area contributed by atoms with Gasteiger partial charge in [0, 0.05) is 16.3 Å². The van der Waals surface area contributed by atoms with E-state index < -0.39 is 18.0 Å². The molecule has 0 saturated carbocycles. The number of hydrogen-bond acceptors (Lipinski definition) is 5. The van der Waals surface area contributed by atoms with Gasteiger partial charge in [0.15, 0.2) is 11.5 Å². The first-order chi connectivity index (χ1) is 15.4. The summed E-state index contributed by atoms with van der Waals surface area (Å²) < 4.78 is 17.1. The fourth-order valence-corrected chi connectivity index (χ4v) is 3.54. The molecular formula is C24H27ClN2O5. The van der Waals surface area contributed by atoms with Crippen LogP contribution in [-0.4, -0.2) is 25.2 Å². The van der Waals surface area contributed by atoms with E-state index in [0.717, 1.165) is 5.56 Å². The molecule has 0 radical (unpaired) electrons. The summed E-state index contributed by atoms with van der Waals surface area (Å²) in [6, 6.07) is 11.7. The highest BCUT2D eigenvalue weighted by Crippen LogP contribution is 2.35. The number of ether oxygens (including phenoxy) is 3. The van der Waals surface area contributed by atoms with Gasteiger partial charge in [-0.15, -0.1) is 0 Å². The van der Waals surface area contributed by atoms with Crippen LogP contribution < -0.4 is 20.1 Å². The Labute approximate surface area is 192 Å². The molecule has 2 amide bonds. The summed E-state index contributed by atoms with van der Waals surface area (Å²) in [4.78, 5) is 24.8. The quantitative estimate of drug-likeness (QED) is 0.522. The zero-order valence-electron chi connectivity index (χ0n) is 18.4. The number of nitrogens with one attached hydrogen (secondary N) is 2. The molecule has 2 aromatic carbocycles. The molecule has 0 aliphatic carbocycles. The van der Waals surface area contributed by atoms with Crippen LogP contribution in [0.15, 0.2) is 53.7 Å². The second-order valence-corrected chi connectivity index (χ2v) is 7.63. The fraction of sp³-hybridized carbons (Fsp3) is 0.333. The van der Waals surface area contributed by atoms with Gasteiger partial charge in [-0.05, 0) is 44.0 Å². The van der Waals surface area contributed by atoms with Gasteiger partial charge in [0.2, 0.25) is 0 Å². The summed E-state index contributed by atoms with van der Waals surface area (Å²) in [7, 11) is 0. The molecular weight excluding hydrogens is 432 g/mol. The molecule has 32 heavy (non-hydrogen) atoms. The number of halogens is 1. The second kappa shape index (κ2) is 10.9. The Morgan fingerprint density at radius 1 is 1.09 bits per heavy atom. The van der Waals surface area contributed by atoms with E-state index >= 15 is 0 Å². The number of esters is 1. The molecule has 0 fully saturated rings. The van der Waals surface area contributed by atoms with E-state index in [0.29, 0.717) is 53.0 Å². The molecule has 170 valence electrons. The Kier molecular flexibility index (Phi) is 8.00. The summed E-state index contributed by atoms with van der Waals surface area (Å²) in [5, 5.41) is 6.06. The number of allylic oxidation sites excluding steroid dienone is 1. The molecule has 0 bridgehead atoms. The van der Waals surface area contributed by atoms with Gasteiger partial charge in [-0.25, -0.2) is 9.59 Å². The number of carbonyl (C=O) groups excluding carboxylic acids is 2. The Hall–Kier alpha value is -3.19. The topological polar surface area (TPSA) is 85.9 Å². The number of amides is 2. The molecule has 1 atom stereocenters. The second-order valence-electron chi connectivity index (χ2n) is 7.23. The van der Waals surface area contributed by atoms with Crippen molar-refractivity contribution in [3.05, 3.63) is 69.9 Å². The van der Waals surface area contributed by atoms with Gasteiger partial charge in [-0.1, -0.05) is 42.8 Å². The first kappa shape index (κ1) is 23.5. The summed E-state index contributed by atoms with van der Waals surface area (Å²) in [6.45, 7) is 6.46. The number of urea groups is 1. The van der Waals surface area contributed by atoms with Crippen LogP contribution in [-0.2, 0) is 16.1 Å². The third-order valence-electron chi connectivity index (χ3n) is 4.87. The first-order valence-corrected chi connectivity index (χ1v) is 10.9. The molecule has 1 aliphatic heterocycles. The summed E-state index contributed by atoms with van der Waals surface area (Å²) in [5.41, 5.74) is 2.34. The van der Waals surface area contributed by atoms with Gasteiger partial charge < -0.3 is 24.8 Å². The van der Waals surface area contributed by atoms with Gasteiger partial charge in [-0.3, -0.25) is 0 Å². The van der Waals surface area contributed by atoms with Crippen LogP contribution in [0.4, 0.5) is 4.79 Å². The van der Waals surface area contributed by atoms with E-state index in [1.54, 1.807) is 31.2 Å². The molecule has 1 aliphatic rings. The number of carbonyl (C=O) groups is 2. The van der Waals surface area contributed by atoms with Gasteiger partial charge >= 0.3 is 12.0 Å². The van der Waals surface area contributed by atoms with Crippen molar-refractivity contribution in [2.24, 2.45) is 0 Å². The van der Waals surface area contributed by atoms with Crippen molar-refractivity contribution < 1.29 is 23.8 Å². The van der Waals surface area contributed by atoms with Crippen molar-refractivity contribution in [1.29, 1.82) is 0 Å². The molecule has 7 nitrogen and oxygen atoms in total. The minimum absolute atomic E-state index is 0.275. The van der Waals surface area contributed by atoms with Gasteiger partial charge in [-0.2, -0.15) is 0 Å². The number of benzene rings is 2. The molecule has 2 N–H and O–H groups in total. The highest BCUT2D eigenvalue weighted by atomic mass is 35.5. The van der Waals surface area contributed by atoms with Crippen molar-refractivity contribution in [2.45, 2.75) is 39.8 Å². The maximum Gasteiger partial charge on any atom is 0.338 e. The standard InChI is InChI=1S/C24H27ClN2O5/c1-4-12-31-23(28)21-15(3)26-24(29)27-22(21)16-10-11-19(20(13-16)30-5-2)32-14-17-8-6-7-9-18(17)25/h6-11,13,22H,4-5,12,14H2,1-3H3,(H2,26,27,29). The minimum atomic E-state index is -0.676. The van der Waals surface area contributed by atoms with Crippen LogP contribution in [0.1, 0.15) is 44.4 Å². The summed E-state index contributed by atoms with van der Waals surface area (Å²) in [6.07, 6.45) is 0.703. The maximum atomic E-state index is 12.7. The predicted molar refractivity (Wildman–Crippen MR) is 122 cm³/mol. The number of rotatable bonds is 9. The first-order valence-electron chi connectivity index (χ1n) is 10.5. The normalized spacial score (nSPS) is 15.6. The van der Waals surface area contributed by atoms with Crippen LogP contribution in [0.5, 0.6) is 11.5 Å². The van der Waals surface area contributed by atoms with E-state index in [2.05, 4.69) is 10.6 Å². The van der Waals surface area contributed by atoms with E-state index in [1.807, 2.05) is 32.0 Å². The molecule has 3 rings (SSSR count). The van der Waals surface area contributed by atoms with E-state index in [4.69, 9.17) is 25.8 Å². The minimum Gasteiger partial charge on any atom is -0.490 e. The van der Waals surface area contributed by atoms with E-state index in [1.165, 1.54) is 0 Å². The lowest BCUT2D eigenvalue weighted by Crippen LogP contribution is -2.45. The maximum absolute atomic E-state index is 12.7. The Morgan fingerprint density at radius 3 is 2.59 bits per heavy atom. The molecule has 0 saturated heterocycles. The van der Waals surface area contributed by atoms with Crippen LogP contribution >= 0.6 is 11.6 Å². The van der Waals surface area contributed by atoms with Crippen LogP contribution in [0.3, 0.4) is 0 Å². The lowest BCUT2D eigenvalue weighted by Gasteiger charge is -2.28. The fourth-order valence-electron chi connectivity index (χ4n) is 3.35. The molecule has 1 unspecified atom stereocenters. The predicted octanol–water partition coefficient (Wildman–Crippen LogP) is 4.90. The Morgan fingerprint density at radius 2 is 1.88 bits per heavy atom. The van der Waals surface area contributed by atoms with Crippen LogP contribution in [0, 0.1) is 0 Å². The van der Waals surface area contributed by atoms with Crippen LogP contribution in [0.2, 0.25) is 5.02 Å². The van der Waals surface area contributed by atoms with Crippen molar-refractivity contribution in [3.63, 3.8) is 0 Å². The zero-order chi connectivity index (χ0) is 23.1. The third kappa shape index (κ3) is 5.53. The smallest absolute Gasteiger partial charge is 0.338 e. The summed E-state index contributed by atoms with van der Waals surface area (Å²) >= 11 is 6.22. The molecule has 8 heteroatoms. The molecule has 2 aromatic rings. The lowest BCUT2D eigenvalue weighted by molar-refractivity contribution is -0.139. The van der Waals surface area contributed by atoms with Crippen molar-refractivity contribution >= 4 is 23.6 Å². The lowest BCUT2D eigenvalue weighted by atomic mass is 9.95. The number of hydrogen-bond donors (Lipinski definition) is 2. The van der Waals surface area contributed by atoms with Crippen molar-refractivity contribution in [1.82, 2.24) is 10.6 Å². The zero-order valence-corrected chi connectivity index (χ0v) is 19.1. The highest BCUT2D eigenvalue weighted by molar-refractivity contribution is 6.31. The third-order valence-corrected chi connectivity index (χ3v) is 5.24. The Balaban J connectivity index is 1.90. The van der Waals surface area contributed by atoms with Gasteiger partial charge in [0.25, 0.3) is 0 Å². The largest absolute Gasteiger partial charge is 0.490 e. The van der Waals surface area contributed by atoms with Gasteiger partial charge in [0.05, 0.1) is 24.8 Å². The SMILES string of the molecule is CCCOC(=O)C1=C(C)NC(=O)NC1c1ccc(OCc2ccccc2Cl)c(OCC)c1. The monoisotopic (exact) mass is 458 g/mol. The van der Waals surface area contributed by atoms with Crippen molar-refractivity contribution in [3.8, 4) is 11.5 Å². The summed E-state index contributed by atoms with van der Waals surface area (Å²) in [5.74, 6) is 0.564. The molecule has 0 aromatic heterocycles. The average Bonchev–Trinajstić information content (AvgIpc) is 2.77. The van der Waals surface area contributed by atoms with Gasteiger partial charge in [0.1, 0.15) is 6.61 Å². The Bertz CT molecular complexity index is 1020.